The molecule has 0 atom stereocenters. The number of nitrogens with zero attached hydrogens (tertiary/aromatic N) is 2. The lowest BCUT2D eigenvalue weighted by Gasteiger charge is -2.16. The Kier molecular flexibility index (Phi) is 5.34. The molecule has 1 amide bonds. The van der Waals surface area contributed by atoms with Crippen LogP contribution in [0.25, 0.3) is 11.5 Å². The zero-order chi connectivity index (χ0) is 19.4. The summed E-state index contributed by atoms with van der Waals surface area (Å²) in [7, 11) is 1.62. The molecule has 6 nitrogen and oxygen atoms in total. The van der Waals surface area contributed by atoms with Crippen molar-refractivity contribution < 1.29 is 13.9 Å². The van der Waals surface area contributed by atoms with E-state index in [1.165, 1.54) is 17.3 Å². The van der Waals surface area contributed by atoms with Gasteiger partial charge in [0.2, 0.25) is 11.8 Å². The first-order valence-electron chi connectivity index (χ1n) is 9.11. The van der Waals surface area contributed by atoms with Crippen molar-refractivity contribution in [1.29, 1.82) is 0 Å². The second kappa shape index (κ2) is 8.06. The molecule has 7 heteroatoms. The van der Waals surface area contributed by atoms with Gasteiger partial charge in [-0.05, 0) is 42.7 Å². The van der Waals surface area contributed by atoms with Crippen LogP contribution in [0.2, 0.25) is 0 Å². The van der Waals surface area contributed by atoms with Crippen molar-refractivity contribution >= 4 is 17.7 Å². The predicted molar refractivity (Wildman–Crippen MR) is 107 cm³/mol. The predicted octanol–water partition coefficient (Wildman–Crippen LogP) is 3.69. The third-order valence-corrected chi connectivity index (χ3v) is 5.75. The molecular weight excluding hydrogens is 374 g/mol. The summed E-state index contributed by atoms with van der Waals surface area (Å²) in [6.07, 6.45) is 2.22. The maximum Gasteiger partial charge on any atom is 0.277 e. The summed E-state index contributed by atoms with van der Waals surface area (Å²) >= 11 is 1.24. The lowest BCUT2D eigenvalue weighted by molar-refractivity contribution is -0.118. The van der Waals surface area contributed by atoms with E-state index in [1.54, 1.807) is 7.11 Å². The highest BCUT2D eigenvalue weighted by atomic mass is 32.2. The van der Waals surface area contributed by atoms with Crippen molar-refractivity contribution in [3.8, 4) is 17.2 Å². The molecule has 0 saturated heterocycles. The average Bonchev–Trinajstić information content (AvgIpc) is 3.40. The lowest BCUT2D eigenvalue weighted by atomic mass is 9.96. The SMILES string of the molecule is COc1ccc(-c2nnc(SCC(=O)NCC3(c4ccccc4)CC3)o2)cc1. The highest BCUT2D eigenvalue weighted by Crippen LogP contribution is 2.47. The zero-order valence-corrected chi connectivity index (χ0v) is 16.4. The number of aromatic nitrogens is 2. The number of ether oxygens (including phenoxy) is 1. The topological polar surface area (TPSA) is 77.2 Å². The quantitative estimate of drug-likeness (QED) is 0.586. The molecule has 1 fully saturated rings. The molecule has 1 saturated carbocycles. The fourth-order valence-electron chi connectivity index (χ4n) is 3.07. The van der Waals surface area contributed by atoms with Gasteiger partial charge in [0.05, 0.1) is 12.9 Å². The van der Waals surface area contributed by atoms with Gasteiger partial charge in [-0.2, -0.15) is 0 Å². The van der Waals surface area contributed by atoms with Crippen molar-refractivity contribution in [3.05, 3.63) is 60.2 Å². The fourth-order valence-corrected chi connectivity index (χ4v) is 3.67. The number of methoxy groups -OCH3 is 1. The Labute approximate surface area is 167 Å². The molecule has 1 aromatic heterocycles. The lowest BCUT2D eigenvalue weighted by Crippen LogP contribution is -2.33. The molecule has 28 heavy (non-hydrogen) atoms. The Bertz CT molecular complexity index is 937. The summed E-state index contributed by atoms with van der Waals surface area (Å²) in [5, 5.41) is 11.5. The molecular formula is C21H21N3O3S. The van der Waals surface area contributed by atoms with Crippen LogP contribution >= 0.6 is 11.8 Å². The molecule has 2 aromatic carbocycles. The Morgan fingerprint density at radius 3 is 2.57 bits per heavy atom. The van der Waals surface area contributed by atoms with E-state index >= 15 is 0 Å². The maximum atomic E-state index is 12.2. The van der Waals surface area contributed by atoms with Crippen LogP contribution in [0.1, 0.15) is 18.4 Å². The molecule has 0 unspecified atom stereocenters. The van der Waals surface area contributed by atoms with E-state index in [4.69, 9.17) is 9.15 Å². The maximum absolute atomic E-state index is 12.2. The van der Waals surface area contributed by atoms with Gasteiger partial charge in [0, 0.05) is 17.5 Å². The highest BCUT2D eigenvalue weighted by molar-refractivity contribution is 7.99. The zero-order valence-electron chi connectivity index (χ0n) is 15.6. The second-order valence-corrected chi connectivity index (χ2v) is 7.74. The van der Waals surface area contributed by atoms with Crippen LogP contribution in [0.15, 0.2) is 64.2 Å². The number of carbonyl (C=O) groups is 1. The van der Waals surface area contributed by atoms with Crippen LogP contribution in [0, 0.1) is 0 Å². The number of hydrogen-bond acceptors (Lipinski definition) is 6. The van der Waals surface area contributed by atoms with Crippen LogP contribution < -0.4 is 10.1 Å². The summed E-state index contributed by atoms with van der Waals surface area (Å²) < 4.78 is 10.8. The van der Waals surface area contributed by atoms with Crippen molar-refractivity contribution in [2.45, 2.75) is 23.5 Å². The van der Waals surface area contributed by atoms with Crippen LogP contribution in [-0.4, -0.2) is 35.5 Å². The fraction of sp³-hybridized carbons (Fsp3) is 0.286. The van der Waals surface area contributed by atoms with Gasteiger partial charge in [0.15, 0.2) is 0 Å². The standard InChI is InChI=1S/C21H21N3O3S/c1-26-17-9-7-15(8-10-17)19-23-24-20(27-19)28-13-18(25)22-14-21(11-12-21)16-5-3-2-4-6-16/h2-10H,11-14H2,1H3,(H,22,25). The van der Waals surface area contributed by atoms with Crippen molar-refractivity contribution in [2.24, 2.45) is 0 Å². The first-order valence-corrected chi connectivity index (χ1v) is 10.1. The normalized spacial score (nSPS) is 14.5. The van der Waals surface area contributed by atoms with Crippen LogP contribution in [0.4, 0.5) is 0 Å². The van der Waals surface area contributed by atoms with Gasteiger partial charge in [0.25, 0.3) is 5.22 Å². The Morgan fingerprint density at radius 2 is 1.89 bits per heavy atom. The Hall–Kier alpha value is -2.80. The summed E-state index contributed by atoms with van der Waals surface area (Å²) in [4.78, 5) is 12.2. The molecule has 0 spiro atoms. The summed E-state index contributed by atoms with van der Waals surface area (Å²) in [5.41, 5.74) is 2.21. The molecule has 0 radical (unpaired) electrons. The first-order chi connectivity index (χ1) is 13.7. The molecule has 1 aliphatic carbocycles. The van der Waals surface area contributed by atoms with Crippen molar-refractivity contribution in [2.75, 3.05) is 19.4 Å². The van der Waals surface area contributed by atoms with Gasteiger partial charge < -0.3 is 14.5 Å². The average molecular weight is 395 g/mol. The molecule has 3 aromatic rings. The molecule has 4 rings (SSSR count). The smallest absolute Gasteiger partial charge is 0.277 e. The molecule has 1 heterocycles. The van der Waals surface area contributed by atoms with Gasteiger partial charge in [-0.1, -0.05) is 42.1 Å². The highest BCUT2D eigenvalue weighted by Gasteiger charge is 2.44. The molecule has 1 aliphatic rings. The van der Waals surface area contributed by atoms with Crippen molar-refractivity contribution in [3.63, 3.8) is 0 Å². The van der Waals surface area contributed by atoms with Gasteiger partial charge in [-0.25, -0.2) is 0 Å². The summed E-state index contributed by atoms with van der Waals surface area (Å²) in [6, 6.07) is 17.7. The molecule has 1 N–H and O–H groups in total. The molecule has 0 aliphatic heterocycles. The minimum Gasteiger partial charge on any atom is -0.497 e. The van der Waals surface area contributed by atoms with Gasteiger partial charge >= 0.3 is 0 Å². The minimum atomic E-state index is -0.0311. The van der Waals surface area contributed by atoms with Crippen LogP contribution in [0.3, 0.4) is 0 Å². The van der Waals surface area contributed by atoms with Crippen LogP contribution in [-0.2, 0) is 10.2 Å². The Balaban J connectivity index is 1.28. The number of carbonyl (C=O) groups excluding carboxylic acids is 1. The molecule has 144 valence electrons. The van der Waals surface area contributed by atoms with E-state index in [9.17, 15) is 4.79 Å². The van der Waals surface area contributed by atoms with E-state index in [0.29, 0.717) is 17.7 Å². The number of benzene rings is 2. The van der Waals surface area contributed by atoms with E-state index in [2.05, 4.69) is 27.6 Å². The summed E-state index contributed by atoms with van der Waals surface area (Å²) in [6.45, 7) is 0.664. The van der Waals surface area contributed by atoms with E-state index < -0.39 is 0 Å². The van der Waals surface area contributed by atoms with E-state index in [1.807, 2.05) is 42.5 Å². The number of rotatable bonds is 8. The number of hydrogen-bond donors (Lipinski definition) is 1. The second-order valence-electron chi connectivity index (χ2n) is 6.81. The van der Waals surface area contributed by atoms with Gasteiger partial charge in [-0.3, -0.25) is 4.79 Å². The summed E-state index contributed by atoms with van der Waals surface area (Å²) in [5.74, 6) is 1.40. The largest absolute Gasteiger partial charge is 0.497 e. The number of thioether (sulfide) groups is 1. The third kappa shape index (κ3) is 4.20. The van der Waals surface area contributed by atoms with E-state index in [-0.39, 0.29) is 17.1 Å². The molecule has 0 bridgehead atoms. The van der Waals surface area contributed by atoms with Crippen molar-refractivity contribution in [1.82, 2.24) is 15.5 Å². The number of nitrogens with one attached hydrogen (secondary N) is 1. The first kappa shape index (κ1) is 18.6. The van der Waals surface area contributed by atoms with Gasteiger partial charge in [-0.15, -0.1) is 10.2 Å². The Morgan fingerprint density at radius 1 is 1.14 bits per heavy atom. The monoisotopic (exact) mass is 395 g/mol. The third-order valence-electron chi connectivity index (χ3n) is 4.93. The minimum absolute atomic E-state index is 0.0311. The number of amides is 1. The van der Waals surface area contributed by atoms with E-state index in [0.717, 1.165) is 24.2 Å². The van der Waals surface area contributed by atoms with Crippen LogP contribution in [0.5, 0.6) is 5.75 Å². The van der Waals surface area contributed by atoms with Gasteiger partial charge in [0.1, 0.15) is 5.75 Å².